The molecule has 0 saturated heterocycles. The summed E-state index contributed by atoms with van der Waals surface area (Å²) in [7, 11) is 0. The molecular weight excluding hydrogens is 693 g/mol. The fourth-order valence-corrected chi connectivity index (χ4v) is 5.08. The molecule has 1 unspecified atom stereocenters. The fourth-order valence-electron chi connectivity index (χ4n) is 5.08. The molecule has 0 aliphatic carbocycles. The predicted molar refractivity (Wildman–Crippen MR) is 242 cm³/mol. The lowest BCUT2D eigenvalue weighted by molar-refractivity contribution is -0.162. The molecule has 0 fully saturated rings. The number of esters is 2. The highest BCUT2D eigenvalue weighted by Gasteiger charge is 2.17. The van der Waals surface area contributed by atoms with Crippen molar-refractivity contribution in [1.82, 2.24) is 0 Å². The maximum Gasteiger partial charge on any atom is 0.310 e. The molecule has 5 heteroatoms. The summed E-state index contributed by atoms with van der Waals surface area (Å²) in [5.41, 5.74) is 0. The van der Waals surface area contributed by atoms with E-state index in [-0.39, 0.29) is 38.0 Å². The molecule has 56 heavy (non-hydrogen) atoms. The number of unbranched alkanes of at least 4 members (excludes halogenated alkanes) is 5. The molecule has 5 nitrogen and oxygen atoms in total. The lowest BCUT2D eigenvalue weighted by Gasteiger charge is -2.18. The first-order valence-electron chi connectivity index (χ1n) is 21.7. The Morgan fingerprint density at radius 2 is 0.821 bits per heavy atom. The van der Waals surface area contributed by atoms with Crippen LogP contribution in [0, 0.1) is 0 Å². The molecule has 0 aromatic heterocycles. The second kappa shape index (κ2) is 45.4. The summed E-state index contributed by atoms with van der Waals surface area (Å²) in [6.07, 6.45) is 65.0. The van der Waals surface area contributed by atoms with Crippen LogP contribution in [0.25, 0.3) is 0 Å². The predicted octanol–water partition coefficient (Wildman–Crippen LogP) is 14.4. The van der Waals surface area contributed by atoms with Crippen LogP contribution in [0.3, 0.4) is 0 Å². The van der Waals surface area contributed by atoms with Crippen molar-refractivity contribution in [3.8, 4) is 0 Å². The molecule has 0 amide bonds. The Kier molecular flexibility index (Phi) is 42.2. The van der Waals surface area contributed by atoms with Crippen molar-refractivity contribution in [1.29, 1.82) is 0 Å². The highest BCUT2D eigenvalue weighted by atomic mass is 16.6. The second-order valence-corrected chi connectivity index (χ2v) is 13.5. The lowest BCUT2D eigenvalue weighted by Crippen LogP contribution is -2.29. The van der Waals surface area contributed by atoms with Gasteiger partial charge in [-0.15, -0.1) is 0 Å². The van der Waals surface area contributed by atoms with Crippen LogP contribution >= 0.6 is 0 Å². The summed E-state index contributed by atoms with van der Waals surface area (Å²) < 4.78 is 17.0. The zero-order chi connectivity index (χ0) is 40.7. The Bertz CT molecular complexity index is 1240. The van der Waals surface area contributed by atoms with Gasteiger partial charge in [-0.25, -0.2) is 0 Å². The van der Waals surface area contributed by atoms with Crippen LogP contribution in [0.2, 0.25) is 0 Å². The zero-order valence-electron chi connectivity index (χ0n) is 35.6. The van der Waals surface area contributed by atoms with Crippen molar-refractivity contribution >= 4 is 11.9 Å². The van der Waals surface area contributed by atoms with Gasteiger partial charge in [0.2, 0.25) is 0 Å². The summed E-state index contributed by atoms with van der Waals surface area (Å²) in [6, 6.07) is 0. The zero-order valence-corrected chi connectivity index (χ0v) is 35.6. The van der Waals surface area contributed by atoms with E-state index in [1.807, 2.05) is 18.2 Å². The molecule has 0 aromatic rings. The number of hydrogen-bond donors (Lipinski definition) is 0. The Hall–Kier alpha value is -3.96. The maximum atomic E-state index is 12.6. The molecule has 0 rings (SSSR count). The van der Waals surface area contributed by atoms with E-state index in [0.717, 1.165) is 83.5 Å². The third-order valence-corrected chi connectivity index (χ3v) is 8.23. The topological polar surface area (TPSA) is 61.8 Å². The summed E-state index contributed by atoms with van der Waals surface area (Å²) in [6.45, 7) is 7.32. The summed E-state index contributed by atoms with van der Waals surface area (Å²) in [4.78, 5) is 25.0. The van der Waals surface area contributed by atoms with Gasteiger partial charge in [-0.2, -0.15) is 0 Å². The first-order valence-corrected chi connectivity index (χ1v) is 21.7. The number of ether oxygens (including phenoxy) is 3. The van der Waals surface area contributed by atoms with Gasteiger partial charge in [-0.05, 0) is 83.5 Å². The van der Waals surface area contributed by atoms with E-state index in [1.54, 1.807) is 0 Å². The first-order chi connectivity index (χ1) is 27.6. The van der Waals surface area contributed by atoms with E-state index in [2.05, 4.69) is 136 Å². The van der Waals surface area contributed by atoms with Gasteiger partial charge in [-0.3, -0.25) is 9.59 Å². The lowest BCUT2D eigenvalue weighted by atomic mass is 10.1. The average Bonchev–Trinajstić information content (AvgIpc) is 3.20. The van der Waals surface area contributed by atoms with Crippen molar-refractivity contribution in [2.75, 3.05) is 19.8 Å². The van der Waals surface area contributed by atoms with E-state index in [1.165, 1.54) is 25.7 Å². The molecule has 0 aliphatic heterocycles. The summed E-state index contributed by atoms with van der Waals surface area (Å²) in [5.74, 6) is -0.659. The Balaban J connectivity index is 4.42. The molecule has 0 aliphatic rings. The highest BCUT2D eigenvalue weighted by Crippen LogP contribution is 2.07. The maximum absolute atomic E-state index is 12.6. The van der Waals surface area contributed by atoms with Gasteiger partial charge in [0.1, 0.15) is 6.61 Å². The van der Waals surface area contributed by atoms with E-state index >= 15 is 0 Å². The molecule has 312 valence electrons. The smallest absolute Gasteiger partial charge is 0.310 e. The molecular formula is C51H78O5. The van der Waals surface area contributed by atoms with Crippen LogP contribution in [-0.2, 0) is 23.8 Å². The number of hydrogen-bond acceptors (Lipinski definition) is 5. The minimum Gasteiger partial charge on any atom is -0.462 e. The van der Waals surface area contributed by atoms with Crippen LogP contribution in [0.5, 0.6) is 0 Å². The third kappa shape index (κ3) is 42.8. The minimum absolute atomic E-state index is 0.00348. The SMILES string of the molecule is CC/C=C\C/C=C\C/C=C\C/C=C\C/C=C\C/C=C\CCC(=O)OCC(COCCCCCCCC)OC(=O)C/C=C\C/C=C\C/C=C\C/C=C\C/C=C\CC. The summed E-state index contributed by atoms with van der Waals surface area (Å²) in [5, 5.41) is 0. The normalized spacial score (nSPS) is 13.6. The Morgan fingerprint density at radius 3 is 1.27 bits per heavy atom. The molecule has 1 atom stereocenters. The standard InChI is InChI=1S/C51H78O5/c1-4-7-10-13-16-18-20-22-24-25-26-27-29-30-32-34-36-38-41-44-50(52)55-48-49(47-54-46-43-40-15-12-9-6-3)56-51(53)45-42-39-37-35-33-31-28-23-21-19-17-14-11-8-5-2/h7-8,10-11,16-19,22-24,26-28,30,32-33,35-36,38-39,42,49H,4-6,9,12-15,20-21,25,29,31,34,37,40-41,43-48H2,1-3H3/b10-7-,11-8-,18-16-,19-17-,24-22-,27-26-,28-23-,32-30-,35-33-,38-36-,42-39-. The highest BCUT2D eigenvalue weighted by molar-refractivity contribution is 5.71. The van der Waals surface area contributed by atoms with Crippen LogP contribution in [0.15, 0.2) is 134 Å². The molecule has 0 saturated carbocycles. The largest absolute Gasteiger partial charge is 0.462 e. The Labute approximate surface area is 343 Å². The minimum atomic E-state index is -0.625. The number of carbonyl (C=O) groups excluding carboxylic acids is 2. The summed E-state index contributed by atoms with van der Waals surface area (Å²) >= 11 is 0. The van der Waals surface area contributed by atoms with E-state index in [0.29, 0.717) is 13.0 Å². The molecule has 0 bridgehead atoms. The van der Waals surface area contributed by atoms with Crippen molar-refractivity contribution in [3.63, 3.8) is 0 Å². The van der Waals surface area contributed by atoms with Gasteiger partial charge < -0.3 is 14.2 Å². The Morgan fingerprint density at radius 1 is 0.429 bits per heavy atom. The van der Waals surface area contributed by atoms with E-state index < -0.39 is 6.10 Å². The number of carbonyl (C=O) groups is 2. The molecule has 0 heterocycles. The molecule has 0 radical (unpaired) electrons. The third-order valence-electron chi connectivity index (χ3n) is 8.23. The quantitative estimate of drug-likeness (QED) is 0.0358. The average molecular weight is 771 g/mol. The van der Waals surface area contributed by atoms with Gasteiger partial charge in [-0.1, -0.05) is 187 Å². The monoisotopic (exact) mass is 771 g/mol. The van der Waals surface area contributed by atoms with Crippen LogP contribution in [0.1, 0.15) is 149 Å². The van der Waals surface area contributed by atoms with Gasteiger partial charge in [0.15, 0.2) is 6.10 Å². The molecule has 0 spiro atoms. The van der Waals surface area contributed by atoms with E-state index in [9.17, 15) is 9.59 Å². The number of allylic oxidation sites excluding steroid dienone is 21. The van der Waals surface area contributed by atoms with Crippen molar-refractivity contribution in [2.45, 2.75) is 155 Å². The molecule has 0 N–H and O–H groups in total. The second-order valence-electron chi connectivity index (χ2n) is 13.5. The van der Waals surface area contributed by atoms with Gasteiger partial charge in [0, 0.05) is 13.0 Å². The van der Waals surface area contributed by atoms with Gasteiger partial charge in [0.05, 0.1) is 13.0 Å². The number of rotatable bonds is 37. The molecule has 0 aromatic carbocycles. The van der Waals surface area contributed by atoms with Crippen LogP contribution < -0.4 is 0 Å². The van der Waals surface area contributed by atoms with Crippen LogP contribution in [-0.4, -0.2) is 37.9 Å². The van der Waals surface area contributed by atoms with Gasteiger partial charge in [0.25, 0.3) is 0 Å². The van der Waals surface area contributed by atoms with E-state index in [4.69, 9.17) is 14.2 Å². The van der Waals surface area contributed by atoms with Crippen molar-refractivity contribution < 1.29 is 23.8 Å². The van der Waals surface area contributed by atoms with Crippen molar-refractivity contribution in [3.05, 3.63) is 134 Å². The first kappa shape index (κ1) is 52.0. The van der Waals surface area contributed by atoms with Gasteiger partial charge >= 0.3 is 11.9 Å². The fraction of sp³-hybridized carbons (Fsp3) is 0.529. The van der Waals surface area contributed by atoms with Crippen molar-refractivity contribution in [2.24, 2.45) is 0 Å². The van der Waals surface area contributed by atoms with Crippen LogP contribution in [0.4, 0.5) is 0 Å².